The third kappa shape index (κ3) is 3.07. The van der Waals surface area contributed by atoms with E-state index in [1.165, 1.54) is 17.2 Å². The number of benzene rings is 2. The lowest BCUT2D eigenvalue weighted by molar-refractivity contribution is -0.146. The Balaban J connectivity index is 1.57. The number of rotatable bonds is 3. The minimum absolute atomic E-state index is 0.159. The third-order valence-electron chi connectivity index (χ3n) is 5.51. The first-order chi connectivity index (χ1) is 12.2. The molecule has 0 aromatic heterocycles. The minimum Gasteiger partial charge on any atom is -0.338 e. The van der Waals surface area contributed by atoms with Gasteiger partial charge >= 0.3 is 0 Å². The third-order valence-corrected chi connectivity index (χ3v) is 5.51. The molecular formula is C21H23FN2O. The van der Waals surface area contributed by atoms with Gasteiger partial charge in [0.15, 0.2) is 0 Å². The van der Waals surface area contributed by atoms with Crippen LogP contribution in [-0.4, -0.2) is 30.4 Å². The fraction of sp³-hybridized carbons (Fsp3) is 0.381. The van der Waals surface area contributed by atoms with Crippen LogP contribution in [0.5, 0.6) is 0 Å². The van der Waals surface area contributed by atoms with Gasteiger partial charge in [-0.3, -0.25) is 4.79 Å². The summed E-state index contributed by atoms with van der Waals surface area (Å²) >= 11 is 0. The van der Waals surface area contributed by atoms with Crippen molar-refractivity contribution in [1.82, 2.24) is 10.2 Å². The number of nitrogens with one attached hydrogen (secondary N) is 1. The molecule has 0 atom stereocenters. The molecule has 1 N–H and O–H groups in total. The van der Waals surface area contributed by atoms with Gasteiger partial charge < -0.3 is 10.2 Å². The molecule has 2 aromatic rings. The smallest absolute Gasteiger partial charge is 0.232 e. The summed E-state index contributed by atoms with van der Waals surface area (Å²) < 4.78 is 14.1. The van der Waals surface area contributed by atoms with E-state index in [1.807, 2.05) is 17.0 Å². The van der Waals surface area contributed by atoms with Crippen LogP contribution in [0.3, 0.4) is 0 Å². The molecule has 2 aliphatic rings. The highest BCUT2D eigenvalue weighted by Crippen LogP contribution is 2.33. The van der Waals surface area contributed by atoms with Gasteiger partial charge in [-0.1, -0.05) is 42.5 Å². The monoisotopic (exact) mass is 338 g/mol. The molecule has 2 aromatic carbocycles. The van der Waals surface area contributed by atoms with Crippen LogP contribution in [0.25, 0.3) is 0 Å². The number of aryl methyl sites for hydroxylation is 1. The Morgan fingerprint density at radius 2 is 1.80 bits per heavy atom. The van der Waals surface area contributed by atoms with Crippen molar-refractivity contribution < 1.29 is 9.18 Å². The summed E-state index contributed by atoms with van der Waals surface area (Å²) in [4.78, 5) is 15.3. The average Bonchev–Trinajstić information content (AvgIpc) is 2.81. The summed E-state index contributed by atoms with van der Waals surface area (Å²) in [5.74, 6) is -0.0611. The van der Waals surface area contributed by atoms with Gasteiger partial charge in [-0.25, -0.2) is 4.39 Å². The first-order valence-corrected chi connectivity index (χ1v) is 8.98. The fourth-order valence-corrected chi connectivity index (χ4v) is 3.99. The van der Waals surface area contributed by atoms with Crippen LogP contribution in [0.4, 0.5) is 4.39 Å². The summed E-state index contributed by atoms with van der Waals surface area (Å²) in [5.41, 5.74) is 2.70. The zero-order valence-corrected chi connectivity index (χ0v) is 14.3. The molecule has 3 nitrogen and oxygen atoms in total. The molecule has 1 saturated heterocycles. The fourth-order valence-electron chi connectivity index (χ4n) is 3.99. The van der Waals surface area contributed by atoms with Crippen LogP contribution in [0.15, 0.2) is 48.5 Å². The number of hydrogen-bond acceptors (Lipinski definition) is 2. The molecule has 0 aliphatic carbocycles. The van der Waals surface area contributed by atoms with Crippen LogP contribution in [-0.2, 0) is 24.2 Å². The van der Waals surface area contributed by atoms with E-state index >= 15 is 0 Å². The maximum Gasteiger partial charge on any atom is 0.232 e. The second-order valence-electron chi connectivity index (χ2n) is 7.25. The average molecular weight is 338 g/mol. The van der Waals surface area contributed by atoms with Crippen molar-refractivity contribution in [2.75, 3.05) is 19.6 Å². The SMILES string of the molecule is O=C(N1CCCc2ccccc2C1)C1(Cc2ccccc2F)CNC1. The summed E-state index contributed by atoms with van der Waals surface area (Å²) in [6.07, 6.45) is 2.45. The van der Waals surface area contributed by atoms with Gasteiger partial charge in [0.25, 0.3) is 0 Å². The highest BCUT2D eigenvalue weighted by Gasteiger charge is 2.46. The van der Waals surface area contributed by atoms with E-state index < -0.39 is 5.41 Å². The number of amides is 1. The first kappa shape index (κ1) is 16.3. The molecule has 2 heterocycles. The number of carbonyl (C=O) groups is 1. The van der Waals surface area contributed by atoms with Crippen LogP contribution >= 0.6 is 0 Å². The maximum atomic E-state index is 14.1. The van der Waals surface area contributed by atoms with Gasteiger partial charge in [0.1, 0.15) is 5.82 Å². The van der Waals surface area contributed by atoms with Crippen LogP contribution in [0.2, 0.25) is 0 Å². The summed E-state index contributed by atoms with van der Waals surface area (Å²) in [6.45, 7) is 2.68. The van der Waals surface area contributed by atoms with Crippen molar-refractivity contribution in [3.05, 3.63) is 71.0 Å². The Labute approximate surface area is 147 Å². The zero-order valence-electron chi connectivity index (χ0n) is 14.3. The van der Waals surface area contributed by atoms with Crippen molar-refractivity contribution in [2.45, 2.75) is 25.8 Å². The van der Waals surface area contributed by atoms with Gasteiger partial charge in [0, 0.05) is 26.2 Å². The van der Waals surface area contributed by atoms with Gasteiger partial charge in [0.05, 0.1) is 5.41 Å². The van der Waals surface area contributed by atoms with E-state index in [9.17, 15) is 9.18 Å². The summed E-state index contributed by atoms with van der Waals surface area (Å²) in [6, 6.07) is 15.2. The molecular weight excluding hydrogens is 315 g/mol. The Morgan fingerprint density at radius 3 is 2.52 bits per heavy atom. The van der Waals surface area contributed by atoms with Crippen molar-refractivity contribution >= 4 is 5.91 Å². The van der Waals surface area contributed by atoms with Gasteiger partial charge in [-0.2, -0.15) is 0 Å². The highest BCUT2D eigenvalue weighted by atomic mass is 19.1. The van der Waals surface area contributed by atoms with E-state index in [-0.39, 0.29) is 11.7 Å². The lowest BCUT2D eigenvalue weighted by Crippen LogP contribution is -2.63. The summed E-state index contributed by atoms with van der Waals surface area (Å²) in [7, 11) is 0. The number of fused-ring (bicyclic) bond motifs is 1. The Hall–Kier alpha value is -2.20. The molecule has 0 unspecified atom stereocenters. The van der Waals surface area contributed by atoms with E-state index in [1.54, 1.807) is 12.1 Å². The minimum atomic E-state index is -0.512. The topological polar surface area (TPSA) is 32.3 Å². The largest absolute Gasteiger partial charge is 0.338 e. The number of hydrogen-bond donors (Lipinski definition) is 1. The molecule has 1 fully saturated rings. The highest BCUT2D eigenvalue weighted by molar-refractivity contribution is 5.85. The van der Waals surface area contributed by atoms with Gasteiger partial charge in [-0.15, -0.1) is 0 Å². The van der Waals surface area contributed by atoms with E-state index in [4.69, 9.17) is 0 Å². The zero-order chi connectivity index (χ0) is 17.3. The number of halogens is 1. The predicted octanol–water partition coefficient (Wildman–Crippen LogP) is 2.93. The standard InChI is InChI=1S/C21H23FN2O/c22-19-10-4-3-7-17(19)12-21(14-23-15-21)20(25)24-11-5-9-16-6-1-2-8-18(16)13-24/h1-4,6-8,10,23H,5,9,11-15H2. The molecule has 2 aliphatic heterocycles. The molecule has 0 bridgehead atoms. The Morgan fingerprint density at radius 1 is 1.08 bits per heavy atom. The van der Waals surface area contributed by atoms with E-state index in [0.29, 0.717) is 31.6 Å². The second-order valence-corrected chi connectivity index (χ2v) is 7.25. The van der Waals surface area contributed by atoms with Gasteiger partial charge in [0.2, 0.25) is 5.91 Å². The van der Waals surface area contributed by atoms with Crippen LogP contribution in [0.1, 0.15) is 23.1 Å². The molecule has 4 rings (SSSR count). The van der Waals surface area contributed by atoms with Gasteiger partial charge in [-0.05, 0) is 42.0 Å². The molecule has 0 saturated carbocycles. The van der Waals surface area contributed by atoms with Crippen molar-refractivity contribution in [3.8, 4) is 0 Å². The first-order valence-electron chi connectivity index (χ1n) is 8.98. The van der Waals surface area contributed by atoms with Crippen molar-refractivity contribution in [3.63, 3.8) is 0 Å². The van der Waals surface area contributed by atoms with E-state index in [2.05, 4.69) is 23.5 Å². The lowest BCUT2D eigenvalue weighted by Gasteiger charge is -2.44. The normalized spacial score (nSPS) is 18.8. The van der Waals surface area contributed by atoms with Crippen molar-refractivity contribution in [2.24, 2.45) is 5.41 Å². The lowest BCUT2D eigenvalue weighted by atomic mass is 9.75. The number of nitrogens with zero attached hydrogens (tertiary/aromatic N) is 1. The molecule has 0 radical (unpaired) electrons. The molecule has 25 heavy (non-hydrogen) atoms. The molecule has 0 spiro atoms. The number of carbonyl (C=O) groups excluding carboxylic acids is 1. The molecule has 130 valence electrons. The Kier molecular flexibility index (Phi) is 4.30. The van der Waals surface area contributed by atoms with Crippen LogP contribution in [0, 0.1) is 11.2 Å². The maximum absolute atomic E-state index is 14.1. The summed E-state index contributed by atoms with van der Waals surface area (Å²) in [5, 5.41) is 3.23. The predicted molar refractivity (Wildman–Crippen MR) is 95.6 cm³/mol. The van der Waals surface area contributed by atoms with Crippen LogP contribution < -0.4 is 5.32 Å². The second kappa shape index (κ2) is 6.60. The Bertz CT molecular complexity index is 785. The molecule has 4 heteroatoms. The van der Waals surface area contributed by atoms with E-state index in [0.717, 1.165) is 19.4 Å². The van der Waals surface area contributed by atoms with Crippen molar-refractivity contribution in [1.29, 1.82) is 0 Å². The molecule has 1 amide bonds. The quantitative estimate of drug-likeness (QED) is 0.933.